The Hall–Kier alpha value is -2.65. The molecule has 2 aromatic rings. The number of nitrogens with zero attached hydrogens (tertiary/aromatic N) is 1. The van der Waals surface area contributed by atoms with Gasteiger partial charge in [0.15, 0.2) is 0 Å². The Balaban J connectivity index is 1.25. The number of unbranched alkanes of at least 4 members (excludes halogenated alkanes) is 4. The first kappa shape index (κ1) is 26.9. The molecule has 1 heterocycles. The van der Waals surface area contributed by atoms with Crippen LogP contribution in [-0.2, 0) is 4.79 Å². The smallest absolute Gasteiger partial charge is 0.222 e. The molecule has 1 saturated heterocycles. The minimum atomic E-state index is -0.275. The van der Waals surface area contributed by atoms with E-state index in [-0.39, 0.29) is 17.4 Å². The average molecular weight is 512 g/mol. The summed E-state index contributed by atoms with van der Waals surface area (Å²) in [5.41, 5.74) is 6.44. The van der Waals surface area contributed by atoms with Crippen molar-refractivity contribution in [1.82, 2.24) is 4.90 Å². The highest BCUT2D eigenvalue weighted by atomic mass is 16.3. The van der Waals surface area contributed by atoms with Gasteiger partial charge in [0, 0.05) is 30.8 Å². The fraction of sp³-hybridized carbons (Fsp3) is 0.514. The third-order valence-electron chi connectivity index (χ3n) is 9.57. The number of hydrogen-bond donors (Lipinski definition) is 1. The second kappa shape index (κ2) is 12.0. The minimum Gasteiger partial charge on any atom is -0.393 e. The van der Waals surface area contributed by atoms with E-state index in [1.807, 2.05) is 0 Å². The molecule has 1 amide bonds. The number of aliphatic hydroxyl groups is 1. The van der Waals surface area contributed by atoms with Crippen molar-refractivity contribution in [2.24, 2.45) is 17.3 Å². The van der Waals surface area contributed by atoms with Gasteiger partial charge in [-0.05, 0) is 73.1 Å². The van der Waals surface area contributed by atoms with Crippen LogP contribution in [0.3, 0.4) is 0 Å². The van der Waals surface area contributed by atoms with Gasteiger partial charge in [-0.3, -0.25) is 4.79 Å². The van der Waals surface area contributed by atoms with Gasteiger partial charge < -0.3 is 10.0 Å². The van der Waals surface area contributed by atoms with E-state index in [0.717, 1.165) is 58.0 Å². The Morgan fingerprint density at radius 2 is 1.66 bits per heavy atom. The molecule has 3 nitrogen and oxygen atoms in total. The van der Waals surface area contributed by atoms with Gasteiger partial charge in [0.25, 0.3) is 0 Å². The molecular weight excluding hydrogens is 466 g/mol. The summed E-state index contributed by atoms with van der Waals surface area (Å²) in [6.07, 6.45) is 11.1. The molecule has 0 aromatic heterocycles. The lowest BCUT2D eigenvalue weighted by Gasteiger charge is -2.37. The number of rotatable bonds is 11. The standard InChI is InChI=1S/C35H45NO2/c1-26-21-23-36(25-26)33(38)19-13-5-3-4-8-18-30-24-31-32(37)20-22-35(31,27(2)28-14-9-6-10-15-28)34(30)29-16-11-7-12-17-29/h6-7,9-12,14-17,26,31-32,37H,2-5,8,13,18-25H2,1H3/t26-,31?,32?,35?/m1/s1. The zero-order valence-electron chi connectivity index (χ0n) is 23.2. The molecule has 202 valence electrons. The fourth-order valence-corrected chi connectivity index (χ4v) is 7.57. The molecule has 3 aliphatic rings. The maximum Gasteiger partial charge on any atom is 0.222 e. The summed E-state index contributed by atoms with van der Waals surface area (Å²) in [4.78, 5) is 14.5. The summed E-state index contributed by atoms with van der Waals surface area (Å²) in [6.45, 7) is 8.83. The SMILES string of the molecule is C=C(c1ccccc1)C12CCC(O)C1CC(CCCCCCCC(=O)N1CC[C@@H](C)C1)=C2c1ccccc1. The van der Waals surface area contributed by atoms with Crippen LogP contribution in [0.1, 0.15) is 88.7 Å². The fourth-order valence-electron chi connectivity index (χ4n) is 7.57. The monoisotopic (exact) mass is 511 g/mol. The molecule has 1 N–H and O–H groups in total. The van der Waals surface area contributed by atoms with Crippen molar-refractivity contribution in [3.63, 3.8) is 0 Å². The van der Waals surface area contributed by atoms with Crippen LogP contribution >= 0.6 is 0 Å². The number of allylic oxidation sites excluding steroid dienone is 3. The molecule has 4 atom stereocenters. The molecule has 1 saturated carbocycles. The largest absolute Gasteiger partial charge is 0.393 e. The van der Waals surface area contributed by atoms with Crippen molar-refractivity contribution >= 4 is 17.1 Å². The van der Waals surface area contributed by atoms with Crippen LogP contribution in [0.25, 0.3) is 11.1 Å². The molecule has 3 unspecified atom stereocenters. The molecule has 2 aromatic carbocycles. The van der Waals surface area contributed by atoms with Gasteiger partial charge in [-0.1, -0.05) is 99.0 Å². The van der Waals surface area contributed by atoms with Gasteiger partial charge in [0.1, 0.15) is 0 Å². The number of carbonyl (C=O) groups excluding carboxylic acids is 1. The zero-order chi connectivity index (χ0) is 26.5. The van der Waals surface area contributed by atoms with Crippen LogP contribution in [0.5, 0.6) is 0 Å². The van der Waals surface area contributed by atoms with Crippen LogP contribution in [0.15, 0.2) is 72.8 Å². The number of carbonyl (C=O) groups is 1. The third kappa shape index (κ3) is 5.41. The molecule has 2 aliphatic carbocycles. The highest BCUT2D eigenvalue weighted by molar-refractivity contribution is 5.90. The molecule has 1 aliphatic heterocycles. The summed E-state index contributed by atoms with van der Waals surface area (Å²) in [5, 5.41) is 11.2. The van der Waals surface area contributed by atoms with Crippen LogP contribution in [0.2, 0.25) is 0 Å². The molecule has 0 bridgehead atoms. The summed E-state index contributed by atoms with van der Waals surface area (Å²) in [7, 11) is 0. The maximum absolute atomic E-state index is 12.4. The molecule has 38 heavy (non-hydrogen) atoms. The molecule has 3 heteroatoms. The highest BCUT2D eigenvalue weighted by Gasteiger charge is 2.56. The molecule has 0 spiro atoms. The topological polar surface area (TPSA) is 40.5 Å². The minimum absolute atomic E-state index is 0.190. The van der Waals surface area contributed by atoms with Crippen LogP contribution in [0.4, 0.5) is 0 Å². The lowest BCUT2D eigenvalue weighted by Crippen LogP contribution is -2.29. The predicted molar refractivity (Wildman–Crippen MR) is 157 cm³/mol. The van der Waals surface area contributed by atoms with Gasteiger partial charge in [0.05, 0.1) is 6.10 Å². The normalized spacial score (nSPS) is 26.7. The van der Waals surface area contributed by atoms with E-state index in [4.69, 9.17) is 0 Å². The summed E-state index contributed by atoms with van der Waals surface area (Å²) < 4.78 is 0. The number of amides is 1. The van der Waals surface area contributed by atoms with E-state index in [2.05, 4.69) is 79.1 Å². The van der Waals surface area contributed by atoms with Gasteiger partial charge in [0.2, 0.25) is 5.91 Å². The second-order valence-corrected chi connectivity index (χ2v) is 12.1. The Kier molecular flexibility index (Phi) is 8.53. The predicted octanol–water partition coefficient (Wildman–Crippen LogP) is 7.91. The summed E-state index contributed by atoms with van der Waals surface area (Å²) in [5.74, 6) is 1.22. The third-order valence-corrected chi connectivity index (χ3v) is 9.57. The first-order valence-corrected chi connectivity index (χ1v) is 15.0. The Bertz CT molecular complexity index is 1140. The molecule has 5 rings (SSSR count). The van der Waals surface area contributed by atoms with E-state index in [1.165, 1.54) is 47.1 Å². The van der Waals surface area contributed by atoms with Gasteiger partial charge >= 0.3 is 0 Å². The lowest BCUT2D eigenvalue weighted by atomic mass is 9.66. The Labute approximate surface area is 229 Å². The molecular formula is C35H45NO2. The number of benzene rings is 2. The van der Waals surface area contributed by atoms with Crippen molar-refractivity contribution in [3.05, 3.63) is 83.9 Å². The zero-order valence-corrected chi connectivity index (χ0v) is 23.2. The molecule has 0 radical (unpaired) electrons. The Morgan fingerprint density at radius 1 is 0.974 bits per heavy atom. The second-order valence-electron chi connectivity index (χ2n) is 12.1. The quantitative estimate of drug-likeness (QED) is 0.311. The van der Waals surface area contributed by atoms with Crippen LogP contribution < -0.4 is 0 Å². The number of fused-ring (bicyclic) bond motifs is 1. The number of likely N-dealkylation sites (tertiary alicyclic amines) is 1. The van der Waals surface area contributed by atoms with E-state index in [0.29, 0.717) is 18.2 Å². The van der Waals surface area contributed by atoms with Crippen molar-refractivity contribution in [2.45, 2.75) is 83.7 Å². The van der Waals surface area contributed by atoms with Crippen molar-refractivity contribution in [2.75, 3.05) is 13.1 Å². The van der Waals surface area contributed by atoms with Crippen molar-refractivity contribution in [3.8, 4) is 0 Å². The van der Waals surface area contributed by atoms with E-state index >= 15 is 0 Å². The summed E-state index contributed by atoms with van der Waals surface area (Å²) in [6, 6.07) is 21.5. The van der Waals surface area contributed by atoms with Gasteiger partial charge in [-0.25, -0.2) is 0 Å². The molecule has 2 fully saturated rings. The highest BCUT2D eigenvalue weighted by Crippen LogP contribution is 2.66. The first-order chi connectivity index (χ1) is 18.5. The maximum atomic E-state index is 12.4. The average Bonchev–Trinajstić information content (AvgIpc) is 3.62. The Morgan fingerprint density at radius 3 is 2.37 bits per heavy atom. The lowest BCUT2D eigenvalue weighted by molar-refractivity contribution is -0.130. The van der Waals surface area contributed by atoms with Crippen molar-refractivity contribution < 1.29 is 9.90 Å². The first-order valence-electron chi connectivity index (χ1n) is 15.0. The van der Waals surface area contributed by atoms with Gasteiger partial charge in [-0.2, -0.15) is 0 Å². The van der Waals surface area contributed by atoms with Crippen LogP contribution in [-0.4, -0.2) is 35.1 Å². The van der Waals surface area contributed by atoms with E-state index in [1.54, 1.807) is 0 Å². The van der Waals surface area contributed by atoms with Gasteiger partial charge in [-0.15, -0.1) is 0 Å². The number of aliphatic hydroxyl groups excluding tert-OH is 1. The van der Waals surface area contributed by atoms with E-state index in [9.17, 15) is 9.90 Å². The number of hydrogen-bond acceptors (Lipinski definition) is 2. The van der Waals surface area contributed by atoms with Crippen molar-refractivity contribution in [1.29, 1.82) is 0 Å². The van der Waals surface area contributed by atoms with Crippen LogP contribution in [0, 0.1) is 17.3 Å². The summed E-state index contributed by atoms with van der Waals surface area (Å²) >= 11 is 0. The van der Waals surface area contributed by atoms with E-state index < -0.39 is 0 Å².